The number of hydrogen-bond acceptors (Lipinski definition) is 3. The number of amides is 1. The quantitative estimate of drug-likeness (QED) is 0.847. The molecule has 1 aliphatic rings. The van der Waals surface area contributed by atoms with Gasteiger partial charge in [-0.2, -0.15) is 0 Å². The molecule has 1 heterocycles. The highest BCUT2D eigenvalue weighted by molar-refractivity contribution is 5.94. The Labute approximate surface area is 127 Å². The molecule has 1 saturated heterocycles. The van der Waals surface area contributed by atoms with E-state index in [0.717, 1.165) is 18.6 Å². The minimum absolute atomic E-state index is 0.0306. The smallest absolute Gasteiger partial charge is 0.251 e. The van der Waals surface area contributed by atoms with Crippen molar-refractivity contribution < 1.29 is 9.53 Å². The Morgan fingerprint density at radius 1 is 1.43 bits per heavy atom. The summed E-state index contributed by atoms with van der Waals surface area (Å²) in [6.07, 6.45) is 4.54. The molecular weight excluding hydrogens is 264 g/mol. The van der Waals surface area contributed by atoms with E-state index in [1.165, 1.54) is 12.8 Å². The third kappa shape index (κ3) is 5.05. The average Bonchev–Trinajstić information content (AvgIpc) is 2.51. The first kappa shape index (κ1) is 15.8. The summed E-state index contributed by atoms with van der Waals surface area (Å²) in [7, 11) is 0. The molecule has 0 radical (unpaired) electrons. The lowest BCUT2D eigenvalue weighted by atomic mass is 9.99. The highest BCUT2D eigenvalue weighted by Gasteiger charge is 2.18. The molecule has 4 heteroatoms. The van der Waals surface area contributed by atoms with Crippen LogP contribution in [-0.4, -0.2) is 31.1 Å². The van der Waals surface area contributed by atoms with Gasteiger partial charge in [-0.3, -0.25) is 4.79 Å². The van der Waals surface area contributed by atoms with Crippen molar-refractivity contribution >= 4 is 5.91 Å². The number of carbonyl (C=O) groups excluding carboxylic acids is 1. The minimum atomic E-state index is -0.0306. The number of nitrogens with one attached hydrogen (secondary N) is 2. The minimum Gasteiger partial charge on any atom is -0.494 e. The van der Waals surface area contributed by atoms with Gasteiger partial charge in [0.05, 0.1) is 6.61 Å². The molecule has 1 amide bonds. The third-order valence-corrected chi connectivity index (χ3v) is 3.79. The lowest BCUT2D eigenvalue weighted by Crippen LogP contribution is -2.47. The Morgan fingerprint density at radius 3 is 3.05 bits per heavy atom. The molecule has 2 rings (SSSR count). The maximum atomic E-state index is 12.2. The standard InChI is InChI=1S/C17H26N2O2/c1-3-10-21-16-9-5-7-14(11-16)17(20)18-12-15-8-4-6-13(2)19-15/h5,7,9,11,13,15,19H,3-4,6,8,10,12H2,1-2H3,(H,18,20). The fourth-order valence-corrected chi connectivity index (χ4v) is 2.67. The van der Waals surface area contributed by atoms with Crippen molar-refractivity contribution in [1.29, 1.82) is 0 Å². The van der Waals surface area contributed by atoms with Crippen LogP contribution in [0, 0.1) is 0 Å². The Hall–Kier alpha value is -1.55. The first-order chi connectivity index (χ1) is 10.2. The van der Waals surface area contributed by atoms with Gasteiger partial charge in [-0.1, -0.05) is 19.4 Å². The van der Waals surface area contributed by atoms with Crippen LogP contribution in [0.25, 0.3) is 0 Å². The van der Waals surface area contributed by atoms with Crippen molar-refractivity contribution in [3.8, 4) is 5.75 Å². The molecule has 21 heavy (non-hydrogen) atoms. The summed E-state index contributed by atoms with van der Waals surface area (Å²) in [6, 6.07) is 8.31. The van der Waals surface area contributed by atoms with Crippen molar-refractivity contribution in [2.45, 2.75) is 51.6 Å². The van der Waals surface area contributed by atoms with Crippen molar-refractivity contribution in [3.63, 3.8) is 0 Å². The second kappa shape index (κ2) is 8.03. The van der Waals surface area contributed by atoms with E-state index in [1.807, 2.05) is 24.3 Å². The zero-order valence-corrected chi connectivity index (χ0v) is 13.0. The van der Waals surface area contributed by atoms with Crippen LogP contribution in [0.4, 0.5) is 0 Å². The molecule has 0 spiro atoms. The van der Waals surface area contributed by atoms with E-state index < -0.39 is 0 Å². The average molecular weight is 290 g/mol. The van der Waals surface area contributed by atoms with Crippen molar-refractivity contribution in [2.24, 2.45) is 0 Å². The number of rotatable bonds is 6. The summed E-state index contributed by atoms with van der Waals surface area (Å²) in [5.41, 5.74) is 0.660. The van der Waals surface area contributed by atoms with Crippen molar-refractivity contribution in [2.75, 3.05) is 13.2 Å². The van der Waals surface area contributed by atoms with Gasteiger partial charge in [0.2, 0.25) is 0 Å². The largest absolute Gasteiger partial charge is 0.494 e. The van der Waals surface area contributed by atoms with Gasteiger partial charge < -0.3 is 15.4 Å². The maximum Gasteiger partial charge on any atom is 0.251 e. The van der Waals surface area contributed by atoms with Gasteiger partial charge in [0.15, 0.2) is 0 Å². The summed E-state index contributed by atoms with van der Waals surface area (Å²) in [6.45, 7) is 5.62. The Morgan fingerprint density at radius 2 is 2.29 bits per heavy atom. The van der Waals surface area contributed by atoms with E-state index in [1.54, 1.807) is 0 Å². The summed E-state index contributed by atoms with van der Waals surface area (Å²) >= 11 is 0. The topological polar surface area (TPSA) is 50.4 Å². The van der Waals surface area contributed by atoms with Crippen LogP contribution in [0.2, 0.25) is 0 Å². The van der Waals surface area contributed by atoms with E-state index in [4.69, 9.17) is 4.74 Å². The molecule has 2 N–H and O–H groups in total. The number of ether oxygens (including phenoxy) is 1. The fraction of sp³-hybridized carbons (Fsp3) is 0.588. The molecule has 1 aliphatic heterocycles. The Bertz CT molecular complexity index is 462. The molecule has 0 saturated carbocycles. The predicted molar refractivity (Wildman–Crippen MR) is 84.8 cm³/mol. The molecule has 2 unspecified atom stereocenters. The molecule has 1 aromatic rings. The van der Waals surface area contributed by atoms with Gasteiger partial charge in [-0.15, -0.1) is 0 Å². The fourth-order valence-electron chi connectivity index (χ4n) is 2.67. The summed E-state index contributed by atoms with van der Waals surface area (Å²) in [5.74, 6) is 0.728. The highest BCUT2D eigenvalue weighted by Crippen LogP contribution is 2.14. The SMILES string of the molecule is CCCOc1cccc(C(=O)NCC2CCCC(C)N2)c1. The van der Waals surface area contributed by atoms with Crippen LogP contribution in [-0.2, 0) is 0 Å². The second-order valence-electron chi connectivity index (χ2n) is 5.78. The zero-order chi connectivity index (χ0) is 15.1. The first-order valence-corrected chi connectivity index (χ1v) is 7.96. The molecule has 2 atom stereocenters. The van der Waals surface area contributed by atoms with Crippen LogP contribution in [0.5, 0.6) is 5.75 Å². The van der Waals surface area contributed by atoms with Crippen LogP contribution in [0.3, 0.4) is 0 Å². The van der Waals surface area contributed by atoms with E-state index in [-0.39, 0.29) is 5.91 Å². The van der Waals surface area contributed by atoms with Gasteiger partial charge in [0.1, 0.15) is 5.75 Å². The summed E-state index contributed by atoms with van der Waals surface area (Å²) in [5, 5.41) is 6.54. The normalized spacial score (nSPS) is 21.8. The number of benzene rings is 1. The molecule has 0 aliphatic carbocycles. The number of piperidine rings is 1. The second-order valence-corrected chi connectivity index (χ2v) is 5.78. The first-order valence-electron chi connectivity index (χ1n) is 7.96. The van der Waals surface area contributed by atoms with E-state index in [9.17, 15) is 4.79 Å². The molecule has 1 aromatic carbocycles. The van der Waals surface area contributed by atoms with Gasteiger partial charge in [-0.25, -0.2) is 0 Å². The Balaban J connectivity index is 1.85. The van der Waals surface area contributed by atoms with E-state index in [0.29, 0.717) is 30.8 Å². The molecule has 0 bridgehead atoms. The van der Waals surface area contributed by atoms with E-state index >= 15 is 0 Å². The zero-order valence-electron chi connectivity index (χ0n) is 13.0. The van der Waals surface area contributed by atoms with E-state index in [2.05, 4.69) is 24.5 Å². The van der Waals surface area contributed by atoms with Gasteiger partial charge >= 0.3 is 0 Å². The lowest BCUT2D eigenvalue weighted by Gasteiger charge is -2.28. The maximum absolute atomic E-state index is 12.2. The number of hydrogen-bond donors (Lipinski definition) is 2. The molecule has 116 valence electrons. The van der Waals surface area contributed by atoms with Crippen LogP contribution in [0.15, 0.2) is 24.3 Å². The summed E-state index contributed by atoms with van der Waals surface area (Å²) < 4.78 is 5.56. The highest BCUT2D eigenvalue weighted by atomic mass is 16.5. The van der Waals surface area contributed by atoms with Crippen LogP contribution >= 0.6 is 0 Å². The molecule has 1 fully saturated rings. The lowest BCUT2D eigenvalue weighted by molar-refractivity contribution is 0.0946. The third-order valence-electron chi connectivity index (χ3n) is 3.79. The van der Waals surface area contributed by atoms with Crippen LogP contribution in [0.1, 0.15) is 49.9 Å². The van der Waals surface area contributed by atoms with Gasteiger partial charge in [0.25, 0.3) is 5.91 Å². The number of carbonyl (C=O) groups is 1. The Kier molecular flexibility index (Phi) is 6.05. The molecular formula is C17H26N2O2. The van der Waals surface area contributed by atoms with Crippen molar-refractivity contribution in [3.05, 3.63) is 29.8 Å². The van der Waals surface area contributed by atoms with Crippen LogP contribution < -0.4 is 15.4 Å². The summed E-state index contributed by atoms with van der Waals surface area (Å²) in [4.78, 5) is 12.2. The molecule has 4 nitrogen and oxygen atoms in total. The predicted octanol–water partition coefficient (Wildman–Crippen LogP) is 2.74. The van der Waals surface area contributed by atoms with Gasteiger partial charge in [0, 0.05) is 24.2 Å². The van der Waals surface area contributed by atoms with Crippen molar-refractivity contribution in [1.82, 2.24) is 10.6 Å². The monoisotopic (exact) mass is 290 g/mol. The van der Waals surface area contributed by atoms with Gasteiger partial charge in [-0.05, 0) is 44.4 Å². The molecule has 0 aromatic heterocycles.